The molecule has 112 valence electrons. The molecule has 1 aromatic carbocycles. The summed E-state index contributed by atoms with van der Waals surface area (Å²) in [5, 5.41) is 4.95. The highest BCUT2D eigenvalue weighted by molar-refractivity contribution is 8.00. The van der Waals surface area contributed by atoms with E-state index >= 15 is 0 Å². The van der Waals surface area contributed by atoms with Gasteiger partial charge in [-0.05, 0) is 36.1 Å². The molecule has 0 unspecified atom stereocenters. The number of nitrogens with one attached hydrogen (secondary N) is 1. The number of nitrogen functional groups attached to an aromatic ring is 1. The molecule has 0 saturated heterocycles. The van der Waals surface area contributed by atoms with Gasteiger partial charge in [-0.1, -0.05) is 6.07 Å². The third-order valence-electron chi connectivity index (χ3n) is 2.85. The van der Waals surface area contributed by atoms with Gasteiger partial charge in [-0.2, -0.15) is 0 Å². The summed E-state index contributed by atoms with van der Waals surface area (Å²) in [4.78, 5) is 14.0. The first kappa shape index (κ1) is 15.7. The summed E-state index contributed by atoms with van der Waals surface area (Å²) in [7, 11) is 1.61. The van der Waals surface area contributed by atoms with Crippen molar-refractivity contribution in [2.45, 2.75) is 11.3 Å². The summed E-state index contributed by atoms with van der Waals surface area (Å²) in [5.41, 5.74) is 6.55. The van der Waals surface area contributed by atoms with Gasteiger partial charge < -0.3 is 15.8 Å². The first-order chi connectivity index (χ1) is 10.2. The summed E-state index contributed by atoms with van der Waals surface area (Å²) in [6, 6.07) is 9.53. The van der Waals surface area contributed by atoms with Gasteiger partial charge in [0, 0.05) is 22.0 Å². The third-order valence-corrected chi connectivity index (χ3v) is 4.86. The SMILES string of the molecule is COc1ccc(N)c(SCC(=O)NCCc2cccs2)c1. The van der Waals surface area contributed by atoms with Crippen LogP contribution >= 0.6 is 23.1 Å². The average molecular weight is 322 g/mol. The summed E-state index contributed by atoms with van der Waals surface area (Å²) in [6.45, 7) is 0.660. The maximum atomic E-state index is 11.8. The molecule has 0 saturated carbocycles. The Bertz CT molecular complexity index is 585. The summed E-state index contributed by atoms with van der Waals surface area (Å²) in [5.74, 6) is 1.10. The molecule has 6 heteroatoms. The van der Waals surface area contributed by atoms with Crippen LogP contribution in [0, 0.1) is 0 Å². The molecule has 2 rings (SSSR count). The number of rotatable bonds is 7. The zero-order valence-electron chi connectivity index (χ0n) is 11.8. The van der Waals surface area contributed by atoms with Gasteiger partial charge in [-0.15, -0.1) is 23.1 Å². The second kappa shape index (κ2) is 7.95. The topological polar surface area (TPSA) is 64.3 Å². The lowest BCUT2D eigenvalue weighted by atomic mass is 10.3. The maximum absolute atomic E-state index is 11.8. The van der Waals surface area contributed by atoms with E-state index in [1.54, 1.807) is 30.6 Å². The molecule has 0 radical (unpaired) electrons. The van der Waals surface area contributed by atoms with Crippen molar-refractivity contribution in [1.82, 2.24) is 5.32 Å². The van der Waals surface area contributed by atoms with E-state index in [1.807, 2.05) is 17.5 Å². The number of hydrogen-bond acceptors (Lipinski definition) is 5. The molecule has 0 aliphatic heterocycles. The van der Waals surface area contributed by atoms with E-state index in [0.29, 0.717) is 18.0 Å². The minimum absolute atomic E-state index is 0.0128. The minimum atomic E-state index is 0.0128. The Morgan fingerprint density at radius 3 is 3.00 bits per heavy atom. The van der Waals surface area contributed by atoms with Crippen molar-refractivity contribution in [1.29, 1.82) is 0 Å². The van der Waals surface area contributed by atoms with Crippen molar-refractivity contribution < 1.29 is 9.53 Å². The smallest absolute Gasteiger partial charge is 0.230 e. The fraction of sp³-hybridized carbons (Fsp3) is 0.267. The molecule has 21 heavy (non-hydrogen) atoms. The van der Waals surface area contributed by atoms with Crippen LogP contribution in [0.3, 0.4) is 0 Å². The number of hydrogen-bond donors (Lipinski definition) is 2. The summed E-state index contributed by atoms with van der Waals surface area (Å²) < 4.78 is 5.15. The molecule has 0 spiro atoms. The first-order valence-corrected chi connectivity index (χ1v) is 8.41. The quantitative estimate of drug-likeness (QED) is 0.608. The number of benzene rings is 1. The number of thiophene rings is 1. The molecule has 1 amide bonds. The molecule has 0 fully saturated rings. The maximum Gasteiger partial charge on any atom is 0.230 e. The molecule has 0 aliphatic carbocycles. The lowest BCUT2D eigenvalue weighted by Crippen LogP contribution is -2.27. The van der Waals surface area contributed by atoms with E-state index in [0.717, 1.165) is 17.1 Å². The number of nitrogens with two attached hydrogens (primary N) is 1. The van der Waals surface area contributed by atoms with E-state index in [2.05, 4.69) is 11.4 Å². The van der Waals surface area contributed by atoms with Gasteiger partial charge in [0.1, 0.15) is 5.75 Å². The van der Waals surface area contributed by atoms with Crippen molar-refractivity contribution in [2.24, 2.45) is 0 Å². The molecule has 0 aliphatic rings. The first-order valence-electron chi connectivity index (χ1n) is 6.54. The number of carbonyl (C=O) groups excluding carboxylic acids is 1. The van der Waals surface area contributed by atoms with Crippen LogP contribution in [0.2, 0.25) is 0 Å². The van der Waals surface area contributed by atoms with Crippen molar-refractivity contribution in [2.75, 3.05) is 25.1 Å². The summed E-state index contributed by atoms with van der Waals surface area (Å²) in [6.07, 6.45) is 0.870. The van der Waals surface area contributed by atoms with Crippen LogP contribution in [0.25, 0.3) is 0 Å². The number of methoxy groups -OCH3 is 1. The molecule has 0 atom stereocenters. The van der Waals surface area contributed by atoms with Crippen molar-refractivity contribution in [3.05, 3.63) is 40.6 Å². The van der Waals surface area contributed by atoms with Gasteiger partial charge in [0.2, 0.25) is 5.91 Å². The van der Waals surface area contributed by atoms with Gasteiger partial charge in [0.15, 0.2) is 0 Å². The van der Waals surface area contributed by atoms with Crippen molar-refractivity contribution >= 4 is 34.7 Å². The normalized spacial score (nSPS) is 10.3. The van der Waals surface area contributed by atoms with Gasteiger partial charge in [0.05, 0.1) is 12.9 Å². The average Bonchev–Trinajstić information content (AvgIpc) is 3.00. The molecule has 1 heterocycles. The molecule has 0 bridgehead atoms. The number of ether oxygens (including phenoxy) is 1. The van der Waals surface area contributed by atoms with Crippen molar-refractivity contribution in [3.8, 4) is 5.75 Å². The second-order valence-electron chi connectivity index (χ2n) is 4.37. The number of carbonyl (C=O) groups is 1. The molecule has 2 aromatic rings. The van der Waals surface area contributed by atoms with E-state index < -0.39 is 0 Å². The molecular formula is C15H18N2O2S2. The largest absolute Gasteiger partial charge is 0.497 e. The van der Waals surface area contributed by atoms with Crippen LogP contribution in [0.5, 0.6) is 5.75 Å². The van der Waals surface area contributed by atoms with E-state index in [1.165, 1.54) is 16.6 Å². The Labute approximate surface area is 132 Å². The van der Waals surface area contributed by atoms with Gasteiger partial charge in [-0.3, -0.25) is 4.79 Å². The van der Waals surface area contributed by atoms with E-state index in [9.17, 15) is 4.79 Å². The molecule has 4 nitrogen and oxygen atoms in total. The lowest BCUT2D eigenvalue weighted by Gasteiger charge is -2.08. The predicted molar refractivity (Wildman–Crippen MR) is 89.2 cm³/mol. The lowest BCUT2D eigenvalue weighted by molar-refractivity contribution is -0.118. The van der Waals surface area contributed by atoms with Gasteiger partial charge in [-0.25, -0.2) is 0 Å². The second-order valence-corrected chi connectivity index (χ2v) is 6.42. The van der Waals surface area contributed by atoms with Crippen LogP contribution < -0.4 is 15.8 Å². The monoisotopic (exact) mass is 322 g/mol. The Morgan fingerprint density at radius 2 is 2.29 bits per heavy atom. The summed E-state index contributed by atoms with van der Waals surface area (Å²) >= 11 is 3.12. The van der Waals surface area contributed by atoms with Crippen LogP contribution in [-0.2, 0) is 11.2 Å². The number of amides is 1. The highest BCUT2D eigenvalue weighted by Gasteiger charge is 2.06. The Hall–Kier alpha value is -1.66. The highest BCUT2D eigenvalue weighted by atomic mass is 32.2. The van der Waals surface area contributed by atoms with Crippen LogP contribution in [0.1, 0.15) is 4.88 Å². The Kier molecular flexibility index (Phi) is 5.95. The molecule has 1 aromatic heterocycles. The van der Waals surface area contributed by atoms with Crippen LogP contribution in [0.4, 0.5) is 5.69 Å². The molecular weight excluding hydrogens is 304 g/mol. The van der Waals surface area contributed by atoms with E-state index in [-0.39, 0.29) is 5.91 Å². The Morgan fingerprint density at radius 1 is 1.43 bits per heavy atom. The Balaban J connectivity index is 1.75. The van der Waals surface area contributed by atoms with Gasteiger partial charge >= 0.3 is 0 Å². The third kappa shape index (κ3) is 4.99. The fourth-order valence-electron chi connectivity index (χ4n) is 1.74. The molecule has 3 N–H and O–H groups in total. The standard InChI is InChI=1S/C15H18N2O2S2/c1-19-11-4-5-13(16)14(9-11)21-10-15(18)17-7-6-12-3-2-8-20-12/h2-5,8-9H,6-7,10,16H2,1H3,(H,17,18). The van der Waals surface area contributed by atoms with Gasteiger partial charge in [0.25, 0.3) is 0 Å². The number of anilines is 1. The zero-order chi connectivity index (χ0) is 15.1. The number of thioether (sulfide) groups is 1. The fourth-order valence-corrected chi connectivity index (χ4v) is 3.27. The predicted octanol–water partition coefficient (Wildman–Crippen LogP) is 2.79. The minimum Gasteiger partial charge on any atom is -0.497 e. The highest BCUT2D eigenvalue weighted by Crippen LogP contribution is 2.28. The van der Waals surface area contributed by atoms with Crippen LogP contribution in [-0.4, -0.2) is 25.3 Å². The van der Waals surface area contributed by atoms with Crippen LogP contribution in [0.15, 0.2) is 40.6 Å². The van der Waals surface area contributed by atoms with E-state index in [4.69, 9.17) is 10.5 Å². The zero-order valence-corrected chi connectivity index (χ0v) is 13.4. The van der Waals surface area contributed by atoms with Crippen molar-refractivity contribution in [3.63, 3.8) is 0 Å².